The van der Waals surface area contributed by atoms with E-state index >= 15 is 0 Å². The van der Waals surface area contributed by atoms with E-state index in [0.717, 1.165) is 17.0 Å². The Labute approximate surface area is 131 Å². The van der Waals surface area contributed by atoms with Crippen molar-refractivity contribution in [3.8, 4) is 5.75 Å². The van der Waals surface area contributed by atoms with Crippen LogP contribution in [0.4, 0.5) is 5.69 Å². The highest BCUT2D eigenvalue weighted by Gasteiger charge is 2.08. The monoisotopic (exact) mass is 299 g/mol. The van der Waals surface area contributed by atoms with E-state index in [1.54, 1.807) is 31.4 Å². The summed E-state index contributed by atoms with van der Waals surface area (Å²) in [5.41, 5.74) is 3.65. The molecule has 0 aliphatic rings. The summed E-state index contributed by atoms with van der Waals surface area (Å²) in [7, 11) is 1.63. The lowest BCUT2D eigenvalue weighted by Crippen LogP contribution is -2.12. The van der Waals surface area contributed by atoms with E-state index in [9.17, 15) is 4.79 Å². The third-order valence-electron chi connectivity index (χ3n) is 3.30. The van der Waals surface area contributed by atoms with Crippen LogP contribution in [0, 0.1) is 13.8 Å². The number of rotatable bonds is 6. The molecule has 0 unspecified atom stereocenters. The second kappa shape index (κ2) is 7.61. The highest BCUT2D eigenvalue weighted by atomic mass is 16.5. The molecule has 0 aromatic heterocycles. The Bertz CT molecular complexity index is 635. The molecule has 0 aliphatic heterocycles. The molecule has 4 nitrogen and oxygen atoms in total. The summed E-state index contributed by atoms with van der Waals surface area (Å²) < 4.78 is 10.4. The highest BCUT2D eigenvalue weighted by molar-refractivity contribution is 6.04. The van der Waals surface area contributed by atoms with E-state index in [-0.39, 0.29) is 5.91 Å². The average Bonchev–Trinajstić information content (AvgIpc) is 2.51. The molecule has 2 rings (SSSR count). The number of methoxy groups -OCH3 is 1. The molecule has 1 N–H and O–H groups in total. The van der Waals surface area contributed by atoms with Gasteiger partial charge < -0.3 is 14.8 Å². The summed E-state index contributed by atoms with van der Waals surface area (Å²) in [5.74, 6) is 0.593. The van der Waals surface area contributed by atoms with Crippen molar-refractivity contribution in [2.45, 2.75) is 13.8 Å². The summed E-state index contributed by atoms with van der Waals surface area (Å²) in [4.78, 5) is 12.3. The van der Waals surface area contributed by atoms with Gasteiger partial charge in [0.1, 0.15) is 12.4 Å². The Hall–Kier alpha value is -2.33. The first-order chi connectivity index (χ1) is 10.6. The molecule has 0 saturated heterocycles. The number of hydrogen-bond acceptors (Lipinski definition) is 3. The molecule has 0 heterocycles. The number of carbonyl (C=O) groups is 1. The quantitative estimate of drug-likeness (QED) is 0.829. The molecule has 4 heteroatoms. The molecular formula is C18H21NO3. The lowest BCUT2D eigenvalue weighted by Gasteiger charge is -2.10. The van der Waals surface area contributed by atoms with Gasteiger partial charge in [0.05, 0.1) is 6.61 Å². The minimum absolute atomic E-state index is 0.129. The summed E-state index contributed by atoms with van der Waals surface area (Å²) in [5, 5.41) is 2.93. The Morgan fingerprint density at radius 1 is 1.05 bits per heavy atom. The second-order valence-corrected chi connectivity index (χ2v) is 5.14. The molecule has 0 fully saturated rings. The molecule has 1 amide bonds. The maximum absolute atomic E-state index is 12.3. The van der Waals surface area contributed by atoms with Crippen molar-refractivity contribution in [3.05, 3.63) is 59.2 Å². The van der Waals surface area contributed by atoms with Crippen molar-refractivity contribution in [1.82, 2.24) is 0 Å². The van der Waals surface area contributed by atoms with Crippen molar-refractivity contribution in [1.29, 1.82) is 0 Å². The molecule has 0 spiro atoms. The van der Waals surface area contributed by atoms with Gasteiger partial charge in [0.15, 0.2) is 0 Å². The number of ether oxygens (including phenoxy) is 2. The zero-order valence-corrected chi connectivity index (χ0v) is 13.2. The topological polar surface area (TPSA) is 47.6 Å². The third kappa shape index (κ3) is 4.33. The van der Waals surface area contributed by atoms with E-state index < -0.39 is 0 Å². The van der Waals surface area contributed by atoms with Crippen LogP contribution in [-0.2, 0) is 4.74 Å². The largest absolute Gasteiger partial charge is 0.491 e. The number of carbonyl (C=O) groups excluding carboxylic acids is 1. The van der Waals surface area contributed by atoms with Gasteiger partial charge in [0, 0.05) is 18.4 Å². The molecular weight excluding hydrogens is 278 g/mol. The number of aryl methyl sites for hydroxylation is 2. The van der Waals surface area contributed by atoms with Gasteiger partial charge in [-0.15, -0.1) is 0 Å². The fraction of sp³-hybridized carbons (Fsp3) is 0.278. The van der Waals surface area contributed by atoms with Crippen LogP contribution in [0.2, 0.25) is 0 Å². The molecule has 2 aromatic carbocycles. The van der Waals surface area contributed by atoms with Crippen LogP contribution in [0.5, 0.6) is 5.75 Å². The number of anilines is 1. The van der Waals surface area contributed by atoms with Gasteiger partial charge in [-0.25, -0.2) is 0 Å². The zero-order chi connectivity index (χ0) is 15.9. The van der Waals surface area contributed by atoms with E-state index in [1.165, 1.54) is 5.56 Å². The van der Waals surface area contributed by atoms with Crippen LogP contribution in [-0.4, -0.2) is 26.2 Å². The van der Waals surface area contributed by atoms with Crippen molar-refractivity contribution in [3.63, 3.8) is 0 Å². The number of hydrogen-bond donors (Lipinski definition) is 1. The Kier molecular flexibility index (Phi) is 5.55. The summed E-state index contributed by atoms with van der Waals surface area (Å²) in [6.07, 6.45) is 0. The van der Waals surface area contributed by atoms with Crippen LogP contribution in [0.1, 0.15) is 21.5 Å². The first kappa shape index (κ1) is 16.0. The summed E-state index contributed by atoms with van der Waals surface area (Å²) in [6, 6.07) is 13.0. The minimum atomic E-state index is -0.129. The van der Waals surface area contributed by atoms with E-state index in [2.05, 4.69) is 5.32 Å². The van der Waals surface area contributed by atoms with Crippen molar-refractivity contribution in [2.75, 3.05) is 25.6 Å². The van der Waals surface area contributed by atoms with Crippen LogP contribution in [0.3, 0.4) is 0 Å². The van der Waals surface area contributed by atoms with E-state index in [4.69, 9.17) is 9.47 Å². The van der Waals surface area contributed by atoms with Gasteiger partial charge in [0.2, 0.25) is 0 Å². The predicted molar refractivity (Wildman–Crippen MR) is 87.7 cm³/mol. The van der Waals surface area contributed by atoms with Gasteiger partial charge in [0.25, 0.3) is 5.91 Å². The van der Waals surface area contributed by atoms with Gasteiger partial charge in [-0.3, -0.25) is 4.79 Å². The molecule has 2 aromatic rings. The van der Waals surface area contributed by atoms with Crippen molar-refractivity contribution in [2.24, 2.45) is 0 Å². The van der Waals surface area contributed by atoms with E-state index in [1.807, 2.05) is 32.0 Å². The number of amides is 1. The number of nitrogens with one attached hydrogen (secondary N) is 1. The Morgan fingerprint density at radius 2 is 1.77 bits per heavy atom. The smallest absolute Gasteiger partial charge is 0.255 e. The van der Waals surface area contributed by atoms with Crippen molar-refractivity contribution < 1.29 is 14.3 Å². The average molecular weight is 299 g/mol. The second-order valence-electron chi connectivity index (χ2n) is 5.14. The zero-order valence-electron chi connectivity index (χ0n) is 13.2. The lowest BCUT2D eigenvalue weighted by molar-refractivity contribution is 0.102. The van der Waals surface area contributed by atoms with Gasteiger partial charge in [-0.1, -0.05) is 17.7 Å². The fourth-order valence-electron chi connectivity index (χ4n) is 2.09. The first-order valence-corrected chi connectivity index (χ1v) is 7.20. The van der Waals surface area contributed by atoms with E-state index in [0.29, 0.717) is 18.8 Å². The standard InChI is InChI=1S/C18H21NO3/c1-13-4-9-17(14(2)12-13)19-18(20)15-5-7-16(8-6-15)22-11-10-21-3/h4-9,12H,10-11H2,1-3H3,(H,19,20). The van der Waals surface area contributed by atoms with Crippen LogP contribution in [0.15, 0.2) is 42.5 Å². The Balaban J connectivity index is 2.00. The van der Waals surface area contributed by atoms with Gasteiger partial charge in [-0.05, 0) is 49.7 Å². The molecule has 0 radical (unpaired) electrons. The SMILES string of the molecule is COCCOc1ccc(C(=O)Nc2ccc(C)cc2C)cc1. The normalized spacial score (nSPS) is 10.3. The summed E-state index contributed by atoms with van der Waals surface area (Å²) in [6.45, 7) is 5.04. The molecule has 22 heavy (non-hydrogen) atoms. The first-order valence-electron chi connectivity index (χ1n) is 7.20. The molecule has 0 bridgehead atoms. The van der Waals surface area contributed by atoms with Gasteiger partial charge >= 0.3 is 0 Å². The highest BCUT2D eigenvalue weighted by Crippen LogP contribution is 2.18. The maximum Gasteiger partial charge on any atom is 0.255 e. The van der Waals surface area contributed by atoms with Crippen molar-refractivity contribution >= 4 is 11.6 Å². The maximum atomic E-state index is 12.3. The fourth-order valence-corrected chi connectivity index (χ4v) is 2.09. The lowest BCUT2D eigenvalue weighted by atomic mass is 10.1. The molecule has 0 saturated carbocycles. The third-order valence-corrected chi connectivity index (χ3v) is 3.30. The minimum Gasteiger partial charge on any atom is -0.491 e. The predicted octanol–water partition coefficient (Wildman–Crippen LogP) is 3.58. The number of benzene rings is 2. The Morgan fingerprint density at radius 3 is 2.41 bits per heavy atom. The van der Waals surface area contributed by atoms with Crippen LogP contribution < -0.4 is 10.1 Å². The van der Waals surface area contributed by atoms with Crippen LogP contribution in [0.25, 0.3) is 0 Å². The van der Waals surface area contributed by atoms with Gasteiger partial charge in [-0.2, -0.15) is 0 Å². The molecule has 0 atom stereocenters. The molecule has 116 valence electrons. The molecule has 0 aliphatic carbocycles. The van der Waals surface area contributed by atoms with Crippen LogP contribution >= 0.6 is 0 Å². The summed E-state index contributed by atoms with van der Waals surface area (Å²) >= 11 is 0.